The third kappa shape index (κ3) is 3.81. The fraction of sp³-hybridized carbons (Fsp3) is 0.417. The third-order valence-electron chi connectivity index (χ3n) is 2.12. The molecule has 0 atom stereocenters. The molecule has 88 valence electrons. The van der Waals surface area contributed by atoms with Crippen LogP contribution in [0, 0.1) is 0 Å². The van der Waals surface area contributed by atoms with Crippen molar-refractivity contribution < 1.29 is 9.53 Å². The van der Waals surface area contributed by atoms with Crippen LogP contribution in [0.1, 0.15) is 25.8 Å². The van der Waals surface area contributed by atoms with E-state index in [1.165, 1.54) is 6.92 Å². The number of esters is 1. The molecule has 16 heavy (non-hydrogen) atoms. The molecule has 4 heteroatoms. The number of nitrogens with one attached hydrogen (secondary N) is 1. The molecule has 0 radical (unpaired) electrons. The summed E-state index contributed by atoms with van der Waals surface area (Å²) in [4.78, 5) is 10.6. The summed E-state index contributed by atoms with van der Waals surface area (Å²) in [7, 11) is 0. The summed E-state index contributed by atoms with van der Waals surface area (Å²) in [6.45, 7) is 4.65. The Morgan fingerprint density at radius 3 is 2.81 bits per heavy atom. The lowest BCUT2D eigenvalue weighted by atomic mass is 10.2. The van der Waals surface area contributed by atoms with Gasteiger partial charge in [-0.2, -0.15) is 0 Å². The average molecular weight is 222 g/mol. The molecule has 3 N–H and O–H groups in total. The lowest BCUT2D eigenvalue weighted by Gasteiger charge is -2.10. The molecular weight excluding hydrogens is 204 g/mol. The van der Waals surface area contributed by atoms with Crippen molar-refractivity contribution >= 4 is 17.3 Å². The minimum absolute atomic E-state index is 0.271. The van der Waals surface area contributed by atoms with Gasteiger partial charge in [-0.05, 0) is 24.1 Å². The molecule has 0 aliphatic heterocycles. The van der Waals surface area contributed by atoms with Gasteiger partial charge < -0.3 is 15.8 Å². The zero-order chi connectivity index (χ0) is 12.0. The topological polar surface area (TPSA) is 64.3 Å². The maximum Gasteiger partial charge on any atom is 0.302 e. The Bertz CT molecular complexity index is 364. The highest BCUT2D eigenvalue weighted by molar-refractivity contribution is 5.68. The van der Waals surface area contributed by atoms with Crippen LogP contribution in [0.15, 0.2) is 18.2 Å². The predicted octanol–water partition coefficient (Wildman–Crippen LogP) is 2.15. The van der Waals surface area contributed by atoms with Gasteiger partial charge in [0.2, 0.25) is 0 Å². The standard InChI is InChI=1S/C12H18N2O2/c1-3-6-14-12-5-4-10(7-11(12)13)8-16-9(2)15/h4-5,7,14H,3,6,8,13H2,1-2H3. The van der Waals surface area contributed by atoms with E-state index < -0.39 is 0 Å². The Morgan fingerprint density at radius 2 is 2.25 bits per heavy atom. The molecule has 0 saturated carbocycles. The molecule has 1 rings (SSSR count). The molecule has 0 aromatic heterocycles. The summed E-state index contributed by atoms with van der Waals surface area (Å²) in [5.74, 6) is -0.285. The van der Waals surface area contributed by atoms with Crippen molar-refractivity contribution in [3.8, 4) is 0 Å². The molecule has 0 aliphatic rings. The van der Waals surface area contributed by atoms with Gasteiger partial charge in [0.05, 0.1) is 11.4 Å². The fourth-order valence-corrected chi connectivity index (χ4v) is 1.31. The first-order valence-corrected chi connectivity index (χ1v) is 5.39. The van der Waals surface area contributed by atoms with E-state index in [4.69, 9.17) is 10.5 Å². The van der Waals surface area contributed by atoms with Gasteiger partial charge in [0.25, 0.3) is 0 Å². The van der Waals surface area contributed by atoms with Crippen LogP contribution < -0.4 is 11.1 Å². The predicted molar refractivity (Wildman–Crippen MR) is 65.1 cm³/mol. The van der Waals surface area contributed by atoms with E-state index in [0.717, 1.165) is 24.2 Å². The Hall–Kier alpha value is -1.71. The smallest absolute Gasteiger partial charge is 0.302 e. The van der Waals surface area contributed by atoms with Gasteiger partial charge in [-0.1, -0.05) is 13.0 Å². The molecule has 1 aromatic rings. The molecule has 4 nitrogen and oxygen atoms in total. The van der Waals surface area contributed by atoms with E-state index in [1.54, 1.807) is 0 Å². The number of rotatable bonds is 5. The highest BCUT2D eigenvalue weighted by Crippen LogP contribution is 2.20. The van der Waals surface area contributed by atoms with E-state index in [0.29, 0.717) is 5.69 Å². The lowest BCUT2D eigenvalue weighted by Crippen LogP contribution is -2.04. The second kappa shape index (κ2) is 6.00. The minimum atomic E-state index is -0.285. The fourth-order valence-electron chi connectivity index (χ4n) is 1.31. The zero-order valence-corrected chi connectivity index (χ0v) is 9.75. The van der Waals surface area contributed by atoms with Gasteiger partial charge in [0.15, 0.2) is 0 Å². The minimum Gasteiger partial charge on any atom is -0.461 e. The number of hydrogen-bond acceptors (Lipinski definition) is 4. The first kappa shape index (κ1) is 12.4. The van der Waals surface area contributed by atoms with Crippen molar-refractivity contribution in [1.82, 2.24) is 0 Å². The van der Waals surface area contributed by atoms with Crippen LogP contribution in [0.4, 0.5) is 11.4 Å². The van der Waals surface area contributed by atoms with Crippen LogP contribution in [0.3, 0.4) is 0 Å². The lowest BCUT2D eigenvalue weighted by molar-refractivity contribution is -0.142. The van der Waals surface area contributed by atoms with Crippen molar-refractivity contribution in [3.63, 3.8) is 0 Å². The highest BCUT2D eigenvalue weighted by Gasteiger charge is 2.01. The molecular formula is C12H18N2O2. The molecule has 0 heterocycles. The molecule has 0 unspecified atom stereocenters. The molecule has 1 aromatic carbocycles. The Kier molecular flexibility index (Phi) is 4.64. The van der Waals surface area contributed by atoms with Gasteiger partial charge in [-0.3, -0.25) is 4.79 Å². The Labute approximate surface area is 95.8 Å². The highest BCUT2D eigenvalue weighted by atomic mass is 16.5. The van der Waals surface area contributed by atoms with Crippen LogP contribution in [0.2, 0.25) is 0 Å². The van der Waals surface area contributed by atoms with Gasteiger partial charge in [0, 0.05) is 13.5 Å². The summed E-state index contributed by atoms with van der Waals surface area (Å²) < 4.78 is 4.89. The van der Waals surface area contributed by atoms with Gasteiger partial charge in [0.1, 0.15) is 6.61 Å². The maximum atomic E-state index is 10.6. The molecule has 0 spiro atoms. The SMILES string of the molecule is CCCNc1ccc(COC(C)=O)cc1N. The van der Waals surface area contributed by atoms with Crippen molar-refractivity contribution in [2.75, 3.05) is 17.6 Å². The number of hydrogen-bond donors (Lipinski definition) is 2. The maximum absolute atomic E-state index is 10.6. The third-order valence-corrected chi connectivity index (χ3v) is 2.12. The second-order valence-electron chi connectivity index (χ2n) is 3.63. The summed E-state index contributed by atoms with van der Waals surface area (Å²) in [6, 6.07) is 5.63. The van der Waals surface area contributed by atoms with Gasteiger partial charge >= 0.3 is 5.97 Å². The van der Waals surface area contributed by atoms with Crippen molar-refractivity contribution in [3.05, 3.63) is 23.8 Å². The van der Waals surface area contributed by atoms with Crippen LogP contribution in [-0.4, -0.2) is 12.5 Å². The average Bonchev–Trinajstić information content (AvgIpc) is 2.25. The number of carbonyl (C=O) groups is 1. The monoisotopic (exact) mass is 222 g/mol. The van der Waals surface area contributed by atoms with E-state index in [-0.39, 0.29) is 12.6 Å². The number of benzene rings is 1. The number of anilines is 2. The molecule has 0 amide bonds. The Balaban J connectivity index is 2.63. The number of carbonyl (C=O) groups excluding carboxylic acids is 1. The van der Waals surface area contributed by atoms with E-state index in [9.17, 15) is 4.79 Å². The van der Waals surface area contributed by atoms with Crippen molar-refractivity contribution in [2.24, 2.45) is 0 Å². The summed E-state index contributed by atoms with van der Waals surface area (Å²) in [5, 5.41) is 3.22. The zero-order valence-electron chi connectivity index (χ0n) is 9.75. The summed E-state index contributed by atoms with van der Waals surface area (Å²) >= 11 is 0. The first-order valence-electron chi connectivity index (χ1n) is 5.39. The summed E-state index contributed by atoms with van der Waals surface area (Å²) in [5.41, 5.74) is 8.37. The second-order valence-corrected chi connectivity index (χ2v) is 3.63. The van der Waals surface area contributed by atoms with Crippen LogP contribution >= 0.6 is 0 Å². The Morgan fingerprint density at radius 1 is 1.50 bits per heavy atom. The van der Waals surface area contributed by atoms with Crippen molar-refractivity contribution in [1.29, 1.82) is 0 Å². The number of nitrogen functional groups attached to an aromatic ring is 1. The van der Waals surface area contributed by atoms with E-state index in [1.807, 2.05) is 18.2 Å². The van der Waals surface area contributed by atoms with E-state index >= 15 is 0 Å². The van der Waals surface area contributed by atoms with Crippen LogP contribution in [0.5, 0.6) is 0 Å². The van der Waals surface area contributed by atoms with E-state index in [2.05, 4.69) is 12.2 Å². The van der Waals surface area contributed by atoms with Gasteiger partial charge in [-0.25, -0.2) is 0 Å². The van der Waals surface area contributed by atoms with Gasteiger partial charge in [-0.15, -0.1) is 0 Å². The molecule has 0 aliphatic carbocycles. The van der Waals surface area contributed by atoms with Crippen LogP contribution in [-0.2, 0) is 16.1 Å². The largest absolute Gasteiger partial charge is 0.461 e. The summed E-state index contributed by atoms with van der Waals surface area (Å²) in [6.07, 6.45) is 1.05. The molecule has 0 saturated heterocycles. The van der Waals surface area contributed by atoms with Crippen molar-refractivity contribution in [2.45, 2.75) is 26.9 Å². The number of nitrogens with two attached hydrogens (primary N) is 1. The normalized spacial score (nSPS) is 9.88. The van der Waals surface area contributed by atoms with Crippen LogP contribution in [0.25, 0.3) is 0 Å². The first-order chi connectivity index (χ1) is 7.63. The number of ether oxygens (including phenoxy) is 1. The quantitative estimate of drug-likeness (QED) is 0.592. The molecule has 0 fully saturated rings. The molecule has 0 bridgehead atoms.